The average Bonchev–Trinajstić information content (AvgIpc) is 3.32. The summed E-state index contributed by atoms with van der Waals surface area (Å²) in [6, 6.07) is 7.18. The zero-order valence-corrected chi connectivity index (χ0v) is 13.5. The van der Waals surface area contributed by atoms with E-state index in [2.05, 4.69) is 37.4 Å². The van der Waals surface area contributed by atoms with Crippen molar-refractivity contribution in [1.82, 2.24) is 0 Å². The Balaban J connectivity index is 1.65. The first-order chi connectivity index (χ1) is 10.3. The number of benzene rings is 1. The van der Waals surface area contributed by atoms with Gasteiger partial charge in [0.1, 0.15) is 5.75 Å². The van der Waals surface area contributed by atoms with Crippen molar-refractivity contribution in [2.45, 2.75) is 64.8 Å². The highest BCUT2D eigenvalue weighted by Crippen LogP contribution is 2.44. The molecule has 2 heteroatoms. The van der Waals surface area contributed by atoms with E-state index in [1.54, 1.807) is 0 Å². The Morgan fingerprint density at radius 1 is 1.14 bits per heavy atom. The minimum absolute atomic E-state index is 0.635. The number of hydrogen-bond acceptors (Lipinski definition) is 2. The third-order valence-corrected chi connectivity index (χ3v) is 4.96. The van der Waals surface area contributed by atoms with Crippen LogP contribution in [0.25, 0.3) is 0 Å². The molecule has 0 aliphatic heterocycles. The molecule has 2 nitrogen and oxygen atoms in total. The Bertz CT molecular complexity index is 467. The van der Waals surface area contributed by atoms with Crippen molar-refractivity contribution in [3.8, 4) is 5.75 Å². The van der Waals surface area contributed by atoms with Gasteiger partial charge >= 0.3 is 0 Å². The smallest absolute Gasteiger partial charge is 0.142 e. The van der Waals surface area contributed by atoms with Crippen LogP contribution in [0, 0.1) is 18.8 Å². The number of rotatable bonds is 6. The molecule has 1 N–H and O–H groups in total. The number of anilines is 1. The van der Waals surface area contributed by atoms with Gasteiger partial charge in [-0.3, -0.25) is 0 Å². The third kappa shape index (κ3) is 3.93. The predicted octanol–water partition coefficient (Wildman–Crippen LogP) is 5.16. The minimum atomic E-state index is 0.635. The minimum Gasteiger partial charge on any atom is -0.491 e. The molecule has 0 spiro atoms. The lowest BCUT2D eigenvalue weighted by atomic mass is 9.82. The lowest BCUT2D eigenvalue weighted by Crippen LogP contribution is -2.28. The van der Waals surface area contributed by atoms with E-state index in [1.807, 2.05) is 0 Å². The van der Waals surface area contributed by atoms with Gasteiger partial charge in [0, 0.05) is 6.04 Å². The summed E-state index contributed by atoms with van der Waals surface area (Å²) in [5.74, 6) is 3.05. The highest BCUT2D eigenvalue weighted by molar-refractivity contribution is 5.58. The topological polar surface area (TPSA) is 21.3 Å². The number of nitrogens with one attached hydrogen (secondary N) is 1. The maximum absolute atomic E-state index is 5.93. The Morgan fingerprint density at radius 3 is 2.76 bits per heavy atom. The molecular formula is C19H29NO. The Labute approximate surface area is 129 Å². The SMILES string of the molecule is CCCOc1cc(C)ccc1NC1CCCC(C2CC2)C1. The van der Waals surface area contributed by atoms with Gasteiger partial charge in [-0.05, 0) is 68.6 Å². The summed E-state index contributed by atoms with van der Waals surface area (Å²) in [4.78, 5) is 0. The molecule has 0 bridgehead atoms. The number of aryl methyl sites for hydroxylation is 1. The van der Waals surface area contributed by atoms with Gasteiger partial charge in [-0.2, -0.15) is 0 Å². The summed E-state index contributed by atoms with van der Waals surface area (Å²) in [7, 11) is 0. The molecule has 1 aromatic carbocycles. The van der Waals surface area contributed by atoms with E-state index in [0.29, 0.717) is 6.04 Å². The molecule has 3 rings (SSSR count). The zero-order valence-electron chi connectivity index (χ0n) is 13.5. The van der Waals surface area contributed by atoms with Crippen molar-refractivity contribution in [3.63, 3.8) is 0 Å². The number of ether oxygens (including phenoxy) is 1. The van der Waals surface area contributed by atoms with Crippen molar-refractivity contribution in [1.29, 1.82) is 0 Å². The van der Waals surface area contributed by atoms with Crippen LogP contribution in [0.2, 0.25) is 0 Å². The molecule has 0 heterocycles. The fourth-order valence-electron chi connectivity index (χ4n) is 3.65. The first-order valence-corrected chi connectivity index (χ1v) is 8.76. The lowest BCUT2D eigenvalue weighted by molar-refractivity contribution is 0.299. The van der Waals surface area contributed by atoms with Crippen LogP contribution in [0.15, 0.2) is 18.2 Å². The molecule has 2 atom stereocenters. The van der Waals surface area contributed by atoms with Crippen molar-refractivity contribution in [2.24, 2.45) is 11.8 Å². The van der Waals surface area contributed by atoms with Gasteiger partial charge < -0.3 is 10.1 Å². The first-order valence-electron chi connectivity index (χ1n) is 8.76. The molecule has 2 fully saturated rings. The molecule has 2 unspecified atom stereocenters. The van der Waals surface area contributed by atoms with Crippen LogP contribution >= 0.6 is 0 Å². The molecule has 0 aromatic heterocycles. The van der Waals surface area contributed by atoms with E-state index >= 15 is 0 Å². The highest BCUT2D eigenvalue weighted by Gasteiger charge is 2.34. The molecule has 0 amide bonds. The molecule has 2 saturated carbocycles. The molecule has 116 valence electrons. The van der Waals surface area contributed by atoms with Crippen molar-refractivity contribution >= 4 is 5.69 Å². The van der Waals surface area contributed by atoms with Crippen LogP contribution in [0.5, 0.6) is 5.75 Å². The summed E-state index contributed by atoms with van der Waals surface area (Å²) in [6.45, 7) is 5.09. The summed E-state index contributed by atoms with van der Waals surface area (Å²) in [6.07, 6.45) is 9.52. The van der Waals surface area contributed by atoms with Crippen LogP contribution in [-0.4, -0.2) is 12.6 Å². The summed E-state index contributed by atoms with van der Waals surface area (Å²) in [5.41, 5.74) is 2.46. The monoisotopic (exact) mass is 287 g/mol. The second kappa shape index (κ2) is 6.72. The van der Waals surface area contributed by atoms with E-state index in [0.717, 1.165) is 30.6 Å². The van der Waals surface area contributed by atoms with E-state index in [-0.39, 0.29) is 0 Å². The van der Waals surface area contributed by atoms with Crippen molar-refractivity contribution in [3.05, 3.63) is 23.8 Å². The molecule has 2 aliphatic rings. The first kappa shape index (κ1) is 14.7. The molecule has 0 radical (unpaired) electrons. The van der Waals surface area contributed by atoms with E-state index in [1.165, 1.54) is 49.8 Å². The lowest BCUT2D eigenvalue weighted by Gasteiger charge is -2.31. The third-order valence-electron chi connectivity index (χ3n) is 4.96. The van der Waals surface area contributed by atoms with Crippen LogP contribution in [0.1, 0.15) is 57.4 Å². The van der Waals surface area contributed by atoms with Gasteiger partial charge in [0.25, 0.3) is 0 Å². The molecule has 1 aromatic rings. The van der Waals surface area contributed by atoms with E-state index in [9.17, 15) is 0 Å². The van der Waals surface area contributed by atoms with Crippen molar-refractivity contribution < 1.29 is 4.74 Å². The largest absolute Gasteiger partial charge is 0.491 e. The molecule has 21 heavy (non-hydrogen) atoms. The normalized spacial score (nSPS) is 25.6. The van der Waals surface area contributed by atoms with E-state index in [4.69, 9.17) is 4.74 Å². The Kier molecular flexibility index (Phi) is 4.72. The molecular weight excluding hydrogens is 258 g/mol. The second-order valence-electron chi connectivity index (χ2n) is 6.95. The summed E-state index contributed by atoms with van der Waals surface area (Å²) >= 11 is 0. The van der Waals surface area contributed by atoms with Gasteiger partial charge in [0.2, 0.25) is 0 Å². The van der Waals surface area contributed by atoms with Crippen LogP contribution in [0.3, 0.4) is 0 Å². The molecule has 2 aliphatic carbocycles. The maximum Gasteiger partial charge on any atom is 0.142 e. The van der Waals surface area contributed by atoms with E-state index < -0.39 is 0 Å². The van der Waals surface area contributed by atoms with Gasteiger partial charge in [0.05, 0.1) is 12.3 Å². The van der Waals surface area contributed by atoms with Gasteiger partial charge in [-0.1, -0.05) is 25.8 Å². The van der Waals surface area contributed by atoms with Gasteiger partial charge in [-0.15, -0.1) is 0 Å². The molecule has 0 saturated heterocycles. The van der Waals surface area contributed by atoms with Gasteiger partial charge in [-0.25, -0.2) is 0 Å². The van der Waals surface area contributed by atoms with Crippen LogP contribution < -0.4 is 10.1 Å². The quantitative estimate of drug-likeness (QED) is 0.780. The highest BCUT2D eigenvalue weighted by atomic mass is 16.5. The van der Waals surface area contributed by atoms with Crippen LogP contribution in [-0.2, 0) is 0 Å². The standard InChI is InChI=1S/C19H29NO/c1-3-11-21-19-12-14(2)7-10-18(19)20-17-6-4-5-16(13-17)15-8-9-15/h7,10,12,15-17,20H,3-6,8-9,11,13H2,1-2H3. The number of hydrogen-bond donors (Lipinski definition) is 1. The zero-order chi connectivity index (χ0) is 14.7. The predicted molar refractivity (Wildman–Crippen MR) is 89.1 cm³/mol. The van der Waals surface area contributed by atoms with Crippen molar-refractivity contribution in [2.75, 3.05) is 11.9 Å². The average molecular weight is 287 g/mol. The van der Waals surface area contributed by atoms with Gasteiger partial charge in [0.15, 0.2) is 0 Å². The Hall–Kier alpha value is -1.18. The second-order valence-corrected chi connectivity index (χ2v) is 6.95. The van der Waals surface area contributed by atoms with Crippen LogP contribution in [0.4, 0.5) is 5.69 Å². The maximum atomic E-state index is 5.93. The fraction of sp³-hybridized carbons (Fsp3) is 0.684. The Morgan fingerprint density at radius 2 is 2.00 bits per heavy atom. The fourth-order valence-corrected chi connectivity index (χ4v) is 3.65. The summed E-state index contributed by atoms with van der Waals surface area (Å²) in [5, 5.41) is 3.77. The summed E-state index contributed by atoms with van der Waals surface area (Å²) < 4.78 is 5.93.